The monoisotopic (exact) mass is 299 g/mol. The maximum absolute atomic E-state index is 12.4. The zero-order valence-corrected chi connectivity index (χ0v) is 12.8. The van der Waals surface area contributed by atoms with E-state index in [2.05, 4.69) is 19.1 Å². The Morgan fingerprint density at radius 1 is 1.27 bits per heavy atom. The molecule has 1 aromatic heterocycles. The van der Waals surface area contributed by atoms with Crippen molar-refractivity contribution in [2.45, 2.75) is 19.8 Å². The highest BCUT2D eigenvalue weighted by Crippen LogP contribution is 2.25. The number of aliphatic hydroxyl groups is 1. The van der Waals surface area contributed by atoms with E-state index >= 15 is 0 Å². The molecule has 116 valence electrons. The second kappa shape index (κ2) is 6.36. The SMILES string of the molecule is CCc1ccc(-c2ccc(C(=O)N3CCC(CO)C3)o2)cc1. The summed E-state index contributed by atoms with van der Waals surface area (Å²) < 4.78 is 5.73. The molecule has 3 rings (SSSR count). The third-order valence-corrected chi connectivity index (χ3v) is 4.29. The molecule has 0 aliphatic carbocycles. The highest BCUT2D eigenvalue weighted by atomic mass is 16.4. The van der Waals surface area contributed by atoms with Crippen LogP contribution in [0.1, 0.15) is 29.5 Å². The summed E-state index contributed by atoms with van der Waals surface area (Å²) in [5, 5.41) is 9.17. The van der Waals surface area contributed by atoms with Crippen molar-refractivity contribution in [3.05, 3.63) is 47.7 Å². The Bertz CT molecular complexity index is 645. The number of carbonyl (C=O) groups is 1. The number of hydrogen-bond acceptors (Lipinski definition) is 3. The minimum atomic E-state index is -0.0904. The Hall–Kier alpha value is -2.07. The van der Waals surface area contributed by atoms with Crippen molar-refractivity contribution in [3.8, 4) is 11.3 Å². The van der Waals surface area contributed by atoms with Gasteiger partial charge in [0, 0.05) is 31.2 Å². The van der Waals surface area contributed by atoms with Crippen LogP contribution in [0.5, 0.6) is 0 Å². The van der Waals surface area contributed by atoms with E-state index in [0.29, 0.717) is 24.6 Å². The minimum absolute atomic E-state index is 0.0904. The molecule has 1 fully saturated rings. The van der Waals surface area contributed by atoms with Crippen molar-refractivity contribution >= 4 is 5.91 Å². The summed E-state index contributed by atoms with van der Waals surface area (Å²) >= 11 is 0. The predicted octanol–water partition coefficient (Wildman–Crippen LogP) is 2.96. The second-order valence-electron chi connectivity index (χ2n) is 5.80. The smallest absolute Gasteiger partial charge is 0.289 e. The average molecular weight is 299 g/mol. The number of aryl methyl sites for hydroxylation is 1. The molecule has 0 bridgehead atoms. The molecule has 4 heteroatoms. The van der Waals surface area contributed by atoms with Crippen LogP contribution in [0.4, 0.5) is 0 Å². The van der Waals surface area contributed by atoms with Gasteiger partial charge in [0.25, 0.3) is 5.91 Å². The van der Waals surface area contributed by atoms with Crippen LogP contribution in [0.15, 0.2) is 40.8 Å². The van der Waals surface area contributed by atoms with Crippen molar-refractivity contribution in [2.24, 2.45) is 5.92 Å². The predicted molar refractivity (Wildman–Crippen MR) is 84.6 cm³/mol. The number of rotatable bonds is 4. The number of carbonyl (C=O) groups excluding carboxylic acids is 1. The number of amides is 1. The van der Waals surface area contributed by atoms with Gasteiger partial charge in [-0.1, -0.05) is 31.2 Å². The first-order valence-electron chi connectivity index (χ1n) is 7.80. The molecule has 2 heterocycles. The maximum atomic E-state index is 12.4. The van der Waals surface area contributed by atoms with Crippen LogP contribution in [0, 0.1) is 5.92 Å². The van der Waals surface area contributed by atoms with Crippen molar-refractivity contribution in [1.82, 2.24) is 4.90 Å². The molecule has 1 saturated heterocycles. The molecular weight excluding hydrogens is 278 g/mol. The summed E-state index contributed by atoms with van der Waals surface area (Å²) in [5.41, 5.74) is 2.25. The van der Waals surface area contributed by atoms with E-state index in [1.54, 1.807) is 11.0 Å². The number of benzene rings is 1. The number of likely N-dealkylation sites (tertiary alicyclic amines) is 1. The number of furan rings is 1. The molecule has 4 nitrogen and oxygen atoms in total. The van der Waals surface area contributed by atoms with Gasteiger partial charge in [0.1, 0.15) is 5.76 Å². The molecule has 1 aliphatic rings. The molecule has 22 heavy (non-hydrogen) atoms. The number of hydrogen-bond donors (Lipinski definition) is 1. The van der Waals surface area contributed by atoms with Gasteiger partial charge in [0.15, 0.2) is 5.76 Å². The highest BCUT2D eigenvalue weighted by Gasteiger charge is 2.28. The van der Waals surface area contributed by atoms with Gasteiger partial charge in [-0.3, -0.25) is 4.79 Å². The van der Waals surface area contributed by atoms with E-state index in [9.17, 15) is 9.90 Å². The Labute approximate surface area is 130 Å². The molecule has 0 radical (unpaired) electrons. The lowest BCUT2D eigenvalue weighted by Crippen LogP contribution is -2.28. The minimum Gasteiger partial charge on any atom is -0.451 e. The summed E-state index contributed by atoms with van der Waals surface area (Å²) in [6.07, 6.45) is 1.86. The fourth-order valence-corrected chi connectivity index (χ4v) is 2.83. The summed E-state index contributed by atoms with van der Waals surface area (Å²) in [6.45, 7) is 3.55. The average Bonchev–Trinajstić information content (AvgIpc) is 3.23. The van der Waals surface area contributed by atoms with Gasteiger partial charge < -0.3 is 14.4 Å². The lowest BCUT2D eigenvalue weighted by atomic mass is 10.1. The number of nitrogens with zero attached hydrogens (tertiary/aromatic N) is 1. The van der Waals surface area contributed by atoms with E-state index in [1.807, 2.05) is 18.2 Å². The summed E-state index contributed by atoms with van der Waals surface area (Å²) in [6, 6.07) is 11.8. The first-order chi connectivity index (χ1) is 10.7. The third kappa shape index (κ3) is 2.92. The molecule has 1 atom stereocenters. The van der Waals surface area contributed by atoms with Crippen LogP contribution in [0.2, 0.25) is 0 Å². The van der Waals surface area contributed by atoms with Crippen LogP contribution in [-0.2, 0) is 6.42 Å². The van der Waals surface area contributed by atoms with Gasteiger partial charge in [0.05, 0.1) is 0 Å². The standard InChI is InChI=1S/C18H21NO3/c1-2-13-3-5-15(6-4-13)16-7-8-17(22-16)18(21)19-10-9-14(11-19)12-20/h3-8,14,20H,2,9-12H2,1H3. The van der Waals surface area contributed by atoms with Crippen molar-refractivity contribution in [3.63, 3.8) is 0 Å². The molecule has 0 saturated carbocycles. The second-order valence-corrected chi connectivity index (χ2v) is 5.80. The van der Waals surface area contributed by atoms with E-state index < -0.39 is 0 Å². The normalized spacial score (nSPS) is 17.9. The zero-order chi connectivity index (χ0) is 15.5. The summed E-state index contributed by atoms with van der Waals surface area (Å²) in [5.74, 6) is 1.18. The molecular formula is C18H21NO3. The van der Waals surface area contributed by atoms with Crippen LogP contribution in [0.3, 0.4) is 0 Å². The van der Waals surface area contributed by atoms with Gasteiger partial charge in [-0.05, 0) is 30.5 Å². The van der Waals surface area contributed by atoms with Crippen LogP contribution in [-0.4, -0.2) is 35.6 Å². The largest absolute Gasteiger partial charge is 0.451 e. The molecule has 1 aromatic carbocycles. The van der Waals surface area contributed by atoms with Crippen LogP contribution < -0.4 is 0 Å². The molecule has 1 N–H and O–H groups in total. The summed E-state index contributed by atoms with van der Waals surface area (Å²) in [4.78, 5) is 14.2. The number of aliphatic hydroxyl groups excluding tert-OH is 1. The first-order valence-corrected chi connectivity index (χ1v) is 7.80. The van der Waals surface area contributed by atoms with E-state index in [1.165, 1.54) is 5.56 Å². The van der Waals surface area contributed by atoms with E-state index in [0.717, 1.165) is 18.4 Å². The zero-order valence-electron chi connectivity index (χ0n) is 12.8. The van der Waals surface area contributed by atoms with Crippen molar-refractivity contribution < 1.29 is 14.3 Å². The Balaban J connectivity index is 1.74. The van der Waals surface area contributed by atoms with Gasteiger partial charge in [-0.15, -0.1) is 0 Å². The highest BCUT2D eigenvalue weighted by molar-refractivity contribution is 5.92. The molecule has 0 spiro atoms. The van der Waals surface area contributed by atoms with Gasteiger partial charge in [-0.2, -0.15) is 0 Å². The van der Waals surface area contributed by atoms with E-state index in [-0.39, 0.29) is 18.4 Å². The lowest BCUT2D eigenvalue weighted by Gasteiger charge is -2.14. The van der Waals surface area contributed by atoms with E-state index in [4.69, 9.17) is 4.42 Å². The third-order valence-electron chi connectivity index (χ3n) is 4.29. The lowest BCUT2D eigenvalue weighted by molar-refractivity contribution is 0.0751. The Morgan fingerprint density at radius 3 is 2.68 bits per heavy atom. The topological polar surface area (TPSA) is 53.7 Å². The Kier molecular flexibility index (Phi) is 4.29. The first kappa shape index (κ1) is 14.9. The molecule has 1 unspecified atom stereocenters. The Morgan fingerprint density at radius 2 is 2.05 bits per heavy atom. The van der Waals surface area contributed by atoms with Gasteiger partial charge in [0.2, 0.25) is 0 Å². The van der Waals surface area contributed by atoms with Crippen molar-refractivity contribution in [2.75, 3.05) is 19.7 Å². The van der Waals surface area contributed by atoms with Gasteiger partial charge >= 0.3 is 0 Å². The molecule has 1 aliphatic heterocycles. The molecule has 2 aromatic rings. The molecule has 1 amide bonds. The quantitative estimate of drug-likeness (QED) is 0.944. The fourth-order valence-electron chi connectivity index (χ4n) is 2.83. The van der Waals surface area contributed by atoms with Crippen molar-refractivity contribution in [1.29, 1.82) is 0 Å². The van der Waals surface area contributed by atoms with Gasteiger partial charge in [-0.25, -0.2) is 0 Å². The fraction of sp³-hybridized carbons (Fsp3) is 0.389. The van der Waals surface area contributed by atoms with Crippen LogP contribution in [0.25, 0.3) is 11.3 Å². The maximum Gasteiger partial charge on any atom is 0.289 e. The van der Waals surface area contributed by atoms with Crippen LogP contribution >= 0.6 is 0 Å². The summed E-state index contributed by atoms with van der Waals surface area (Å²) in [7, 11) is 0.